The van der Waals surface area contributed by atoms with Crippen LogP contribution in [0.5, 0.6) is 0 Å². The zero-order valence-electron chi connectivity index (χ0n) is 15.3. The summed E-state index contributed by atoms with van der Waals surface area (Å²) in [6, 6.07) is 7.45. The van der Waals surface area contributed by atoms with E-state index in [-0.39, 0.29) is 28.6 Å². The lowest BCUT2D eigenvalue weighted by molar-refractivity contribution is -0.132. The van der Waals surface area contributed by atoms with E-state index in [0.29, 0.717) is 31.6 Å². The summed E-state index contributed by atoms with van der Waals surface area (Å²) in [4.78, 5) is 33.2. The number of carbonyl (C=O) groups is 2. The summed E-state index contributed by atoms with van der Waals surface area (Å²) in [5.74, 6) is -0.299. The molecule has 0 bridgehead atoms. The average molecular weight is 403 g/mol. The number of nitrogens with zero attached hydrogens (tertiary/aromatic N) is 3. The Bertz CT molecular complexity index is 940. The van der Waals surface area contributed by atoms with Gasteiger partial charge in [-0.15, -0.1) is 0 Å². The van der Waals surface area contributed by atoms with Gasteiger partial charge in [0.2, 0.25) is 17.8 Å². The Hall–Kier alpha value is -3.01. The van der Waals surface area contributed by atoms with E-state index < -0.39 is 10.0 Å². The maximum absolute atomic E-state index is 12.4. The summed E-state index contributed by atoms with van der Waals surface area (Å²) in [5, 5.41) is 2.80. The molecule has 9 nitrogen and oxygen atoms in total. The van der Waals surface area contributed by atoms with Crippen LogP contribution in [0, 0.1) is 5.92 Å². The molecule has 10 heteroatoms. The number of sulfonamides is 1. The van der Waals surface area contributed by atoms with Crippen molar-refractivity contribution in [3.05, 3.63) is 42.7 Å². The normalized spacial score (nSPS) is 15.1. The fraction of sp³-hybridized carbons (Fsp3) is 0.333. The number of rotatable bonds is 5. The van der Waals surface area contributed by atoms with Crippen LogP contribution in [0.1, 0.15) is 19.8 Å². The summed E-state index contributed by atoms with van der Waals surface area (Å²) in [7, 11) is -3.82. The summed E-state index contributed by atoms with van der Waals surface area (Å²) >= 11 is 0. The molecule has 1 aliphatic rings. The summed E-state index contributed by atoms with van der Waals surface area (Å²) in [6.07, 6.45) is 4.09. The summed E-state index contributed by atoms with van der Waals surface area (Å²) in [5.41, 5.74) is 0.508. The molecule has 2 aromatic rings. The van der Waals surface area contributed by atoms with Crippen LogP contribution in [0.2, 0.25) is 0 Å². The third-order valence-electron chi connectivity index (χ3n) is 4.53. The van der Waals surface area contributed by atoms with Crippen LogP contribution < -0.4 is 10.0 Å². The maximum Gasteiger partial charge on any atom is 0.264 e. The van der Waals surface area contributed by atoms with Crippen molar-refractivity contribution in [2.45, 2.75) is 24.7 Å². The highest BCUT2D eigenvalue weighted by Gasteiger charge is 2.26. The first-order chi connectivity index (χ1) is 13.3. The van der Waals surface area contributed by atoms with Crippen molar-refractivity contribution >= 4 is 33.5 Å². The second kappa shape index (κ2) is 8.34. The Labute approximate surface area is 163 Å². The molecule has 0 atom stereocenters. The predicted molar refractivity (Wildman–Crippen MR) is 103 cm³/mol. The van der Waals surface area contributed by atoms with Gasteiger partial charge in [0.05, 0.1) is 4.90 Å². The second-order valence-electron chi connectivity index (χ2n) is 6.47. The van der Waals surface area contributed by atoms with Gasteiger partial charge in [-0.05, 0) is 43.2 Å². The molecule has 3 rings (SSSR count). The maximum atomic E-state index is 12.4. The minimum Gasteiger partial charge on any atom is -0.343 e. The molecule has 0 radical (unpaired) electrons. The summed E-state index contributed by atoms with van der Waals surface area (Å²) < 4.78 is 27.0. The predicted octanol–water partition coefficient (Wildman–Crippen LogP) is 1.47. The Morgan fingerprint density at radius 3 is 2.25 bits per heavy atom. The zero-order chi connectivity index (χ0) is 20.1. The standard InChI is InChI=1S/C18H21N5O4S/c1-13(24)23-11-7-14(8-12-23)17(25)21-15-3-5-16(6-4-15)28(26,27)22-18-19-9-2-10-20-18/h2-6,9-10,14H,7-8,11-12H2,1H3,(H,21,25)(H,19,20,22). The first-order valence-corrected chi connectivity index (χ1v) is 10.3. The van der Waals surface area contributed by atoms with Crippen molar-refractivity contribution in [3.8, 4) is 0 Å². The van der Waals surface area contributed by atoms with Crippen molar-refractivity contribution in [3.63, 3.8) is 0 Å². The number of piperidine rings is 1. The largest absolute Gasteiger partial charge is 0.343 e. The Balaban J connectivity index is 1.60. The molecule has 2 N–H and O–H groups in total. The van der Waals surface area contributed by atoms with Gasteiger partial charge in [-0.25, -0.2) is 23.1 Å². The monoisotopic (exact) mass is 403 g/mol. The number of aromatic nitrogens is 2. The van der Waals surface area contributed by atoms with Gasteiger partial charge in [0.25, 0.3) is 10.0 Å². The molecule has 1 saturated heterocycles. The minimum absolute atomic E-state index is 0.0169. The highest BCUT2D eigenvalue weighted by molar-refractivity contribution is 7.92. The lowest BCUT2D eigenvalue weighted by Gasteiger charge is -2.30. The molecule has 0 spiro atoms. The van der Waals surface area contributed by atoms with E-state index in [1.165, 1.54) is 43.6 Å². The Morgan fingerprint density at radius 2 is 1.68 bits per heavy atom. The molecule has 0 unspecified atom stereocenters. The van der Waals surface area contributed by atoms with Gasteiger partial charge in [0.15, 0.2) is 0 Å². The molecule has 2 heterocycles. The summed E-state index contributed by atoms with van der Waals surface area (Å²) in [6.45, 7) is 2.66. The van der Waals surface area contributed by atoms with Crippen LogP contribution in [-0.4, -0.2) is 48.2 Å². The van der Waals surface area contributed by atoms with Crippen molar-refractivity contribution in [1.29, 1.82) is 0 Å². The topological polar surface area (TPSA) is 121 Å². The molecule has 2 amide bonds. The van der Waals surface area contributed by atoms with E-state index in [9.17, 15) is 18.0 Å². The molecule has 0 saturated carbocycles. The number of carbonyl (C=O) groups excluding carboxylic acids is 2. The van der Waals surface area contributed by atoms with Crippen LogP contribution >= 0.6 is 0 Å². The number of anilines is 2. The SMILES string of the molecule is CC(=O)N1CCC(C(=O)Nc2ccc(S(=O)(=O)Nc3ncccn3)cc2)CC1. The molecular weight excluding hydrogens is 382 g/mol. The van der Waals surface area contributed by atoms with E-state index in [0.717, 1.165) is 0 Å². The smallest absolute Gasteiger partial charge is 0.264 e. The number of benzene rings is 1. The second-order valence-corrected chi connectivity index (χ2v) is 8.15. The molecule has 1 aliphatic heterocycles. The number of hydrogen-bond acceptors (Lipinski definition) is 6. The van der Waals surface area contributed by atoms with E-state index in [1.54, 1.807) is 11.0 Å². The van der Waals surface area contributed by atoms with Crippen LogP contribution in [-0.2, 0) is 19.6 Å². The number of hydrogen-bond donors (Lipinski definition) is 2. The lowest BCUT2D eigenvalue weighted by Crippen LogP contribution is -2.40. The fourth-order valence-corrected chi connectivity index (χ4v) is 3.91. The highest BCUT2D eigenvalue weighted by Crippen LogP contribution is 2.21. The van der Waals surface area contributed by atoms with E-state index >= 15 is 0 Å². The molecule has 148 valence electrons. The van der Waals surface area contributed by atoms with Crippen molar-refractivity contribution in [2.75, 3.05) is 23.1 Å². The van der Waals surface area contributed by atoms with Crippen molar-refractivity contribution < 1.29 is 18.0 Å². The Kier molecular flexibility index (Phi) is 5.88. The first-order valence-electron chi connectivity index (χ1n) is 8.81. The van der Waals surface area contributed by atoms with Gasteiger partial charge < -0.3 is 10.2 Å². The number of amides is 2. The van der Waals surface area contributed by atoms with E-state index in [4.69, 9.17) is 0 Å². The quantitative estimate of drug-likeness (QED) is 0.780. The first kappa shape index (κ1) is 19.7. The van der Waals surface area contributed by atoms with Crippen LogP contribution in [0.25, 0.3) is 0 Å². The number of likely N-dealkylation sites (tertiary alicyclic amines) is 1. The molecule has 1 aromatic carbocycles. The third-order valence-corrected chi connectivity index (χ3v) is 5.88. The van der Waals surface area contributed by atoms with Gasteiger partial charge >= 0.3 is 0 Å². The van der Waals surface area contributed by atoms with Crippen molar-refractivity contribution in [2.24, 2.45) is 5.92 Å². The lowest BCUT2D eigenvalue weighted by atomic mass is 9.96. The van der Waals surface area contributed by atoms with Gasteiger partial charge in [-0.1, -0.05) is 0 Å². The number of nitrogens with one attached hydrogen (secondary N) is 2. The van der Waals surface area contributed by atoms with E-state index in [1.807, 2.05) is 0 Å². The van der Waals surface area contributed by atoms with Crippen LogP contribution in [0.15, 0.2) is 47.6 Å². The molecule has 1 aromatic heterocycles. The van der Waals surface area contributed by atoms with Crippen LogP contribution in [0.3, 0.4) is 0 Å². The molecule has 1 fully saturated rings. The average Bonchev–Trinajstić information content (AvgIpc) is 2.69. The van der Waals surface area contributed by atoms with E-state index in [2.05, 4.69) is 20.0 Å². The fourth-order valence-electron chi connectivity index (χ4n) is 2.95. The van der Waals surface area contributed by atoms with Gasteiger partial charge in [0, 0.05) is 44.0 Å². The molecular formula is C18H21N5O4S. The minimum atomic E-state index is -3.82. The van der Waals surface area contributed by atoms with Gasteiger partial charge in [-0.3, -0.25) is 9.59 Å². The molecule has 28 heavy (non-hydrogen) atoms. The highest BCUT2D eigenvalue weighted by atomic mass is 32.2. The third kappa shape index (κ3) is 4.83. The van der Waals surface area contributed by atoms with Gasteiger partial charge in [-0.2, -0.15) is 0 Å². The van der Waals surface area contributed by atoms with Crippen molar-refractivity contribution in [1.82, 2.24) is 14.9 Å². The molecule has 0 aliphatic carbocycles. The Morgan fingerprint density at radius 1 is 1.07 bits per heavy atom. The zero-order valence-corrected chi connectivity index (χ0v) is 16.1. The van der Waals surface area contributed by atoms with Crippen LogP contribution in [0.4, 0.5) is 11.6 Å². The van der Waals surface area contributed by atoms with Gasteiger partial charge in [0.1, 0.15) is 0 Å².